The molecule has 17 heavy (non-hydrogen) atoms. The summed E-state index contributed by atoms with van der Waals surface area (Å²) in [6, 6.07) is 1.84. The topological polar surface area (TPSA) is 57.6 Å². The van der Waals surface area contributed by atoms with E-state index in [1.807, 2.05) is 5.38 Å². The van der Waals surface area contributed by atoms with Crippen molar-refractivity contribution < 1.29 is 14.7 Å². The van der Waals surface area contributed by atoms with Crippen molar-refractivity contribution in [2.24, 2.45) is 0 Å². The minimum Gasteiger partial charge on any atom is -0.480 e. The predicted molar refractivity (Wildman–Crippen MR) is 65.2 cm³/mol. The van der Waals surface area contributed by atoms with Gasteiger partial charge in [-0.25, -0.2) is 0 Å². The van der Waals surface area contributed by atoms with Gasteiger partial charge in [-0.2, -0.15) is 11.3 Å². The Morgan fingerprint density at radius 2 is 2.12 bits per heavy atom. The lowest BCUT2D eigenvalue weighted by atomic mass is 10.1. The van der Waals surface area contributed by atoms with E-state index in [-0.39, 0.29) is 18.5 Å². The van der Waals surface area contributed by atoms with E-state index < -0.39 is 5.97 Å². The summed E-state index contributed by atoms with van der Waals surface area (Å²) < 4.78 is 0. The highest BCUT2D eigenvalue weighted by Gasteiger charge is 2.29. The fraction of sp³-hybridized carbons (Fsp3) is 0.500. The molecule has 0 aromatic carbocycles. The number of carbonyl (C=O) groups is 2. The molecule has 1 N–H and O–H groups in total. The molecule has 1 aromatic heterocycles. The zero-order chi connectivity index (χ0) is 12.3. The average Bonchev–Trinajstić information content (AvgIpc) is 2.96. The van der Waals surface area contributed by atoms with Gasteiger partial charge in [-0.3, -0.25) is 9.59 Å². The number of aliphatic carboxylic acids is 1. The number of thiophene rings is 1. The van der Waals surface area contributed by atoms with Gasteiger partial charge in [0.25, 0.3) is 5.91 Å². The molecule has 1 aromatic rings. The highest BCUT2D eigenvalue weighted by Crippen LogP contribution is 2.25. The molecule has 4 nitrogen and oxygen atoms in total. The quantitative estimate of drug-likeness (QED) is 0.895. The lowest BCUT2D eigenvalue weighted by Gasteiger charge is -2.27. The smallest absolute Gasteiger partial charge is 0.323 e. The Bertz CT molecular complexity index is 396. The third-order valence-electron chi connectivity index (χ3n) is 3.10. The van der Waals surface area contributed by atoms with Gasteiger partial charge in [-0.15, -0.1) is 0 Å². The van der Waals surface area contributed by atoms with Gasteiger partial charge in [0.1, 0.15) is 6.54 Å². The first-order valence-electron chi connectivity index (χ1n) is 5.73. The molecule has 0 spiro atoms. The van der Waals surface area contributed by atoms with E-state index in [0.29, 0.717) is 5.56 Å². The van der Waals surface area contributed by atoms with Crippen LogP contribution >= 0.6 is 11.3 Å². The lowest BCUT2D eigenvalue weighted by molar-refractivity contribution is -0.138. The van der Waals surface area contributed by atoms with E-state index in [4.69, 9.17) is 5.11 Å². The molecule has 2 rings (SSSR count). The molecule has 1 heterocycles. The van der Waals surface area contributed by atoms with E-state index in [2.05, 4.69) is 0 Å². The monoisotopic (exact) mass is 253 g/mol. The molecule has 0 saturated heterocycles. The second-order valence-electron chi connectivity index (χ2n) is 4.28. The Morgan fingerprint density at radius 3 is 2.65 bits per heavy atom. The Kier molecular flexibility index (Phi) is 3.78. The number of rotatable bonds is 4. The second-order valence-corrected chi connectivity index (χ2v) is 5.06. The van der Waals surface area contributed by atoms with E-state index in [0.717, 1.165) is 25.7 Å². The average molecular weight is 253 g/mol. The van der Waals surface area contributed by atoms with Gasteiger partial charge in [0.15, 0.2) is 0 Å². The summed E-state index contributed by atoms with van der Waals surface area (Å²) in [4.78, 5) is 24.6. The third-order valence-corrected chi connectivity index (χ3v) is 3.78. The fourth-order valence-corrected chi connectivity index (χ4v) is 2.91. The van der Waals surface area contributed by atoms with Gasteiger partial charge < -0.3 is 10.0 Å². The van der Waals surface area contributed by atoms with Crippen LogP contribution in [-0.2, 0) is 4.79 Å². The summed E-state index contributed by atoms with van der Waals surface area (Å²) in [6.45, 7) is -0.195. The Balaban J connectivity index is 2.14. The molecule has 5 heteroatoms. The molecule has 0 radical (unpaired) electrons. The van der Waals surface area contributed by atoms with Gasteiger partial charge >= 0.3 is 5.97 Å². The SMILES string of the molecule is O=C(O)CN(C(=O)c1ccsc1)C1CCCC1. The standard InChI is InChI=1S/C12H15NO3S/c14-11(15)7-13(10-3-1-2-4-10)12(16)9-5-6-17-8-9/h5-6,8,10H,1-4,7H2,(H,14,15). The number of hydrogen-bond donors (Lipinski definition) is 1. The van der Waals surface area contributed by atoms with Crippen LogP contribution in [0.25, 0.3) is 0 Å². The van der Waals surface area contributed by atoms with Crippen LogP contribution in [0.2, 0.25) is 0 Å². The minimum absolute atomic E-state index is 0.0958. The van der Waals surface area contributed by atoms with Gasteiger partial charge in [0.2, 0.25) is 0 Å². The third kappa shape index (κ3) is 2.85. The normalized spacial score (nSPS) is 16.0. The van der Waals surface area contributed by atoms with Gasteiger partial charge in [-0.1, -0.05) is 12.8 Å². The Labute approximate surface area is 104 Å². The lowest BCUT2D eigenvalue weighted by Crippen LogP contribution is -2.42. The van der Waals surface area contributed by atoms with Crippen molar-refractivity contribution in [1.82, 2.24) is 4.90 Å². The summed E-state index contributed by atoms with van der Waals surface area (Å²) >= 11 is 1.45. The number of amides is 1. The molecule has 92 valence electrons. The molecule has 0 bridgehead atoms. The first kappa shape index (κ1) is 12.1. The number of hydrogen-bond acceptors (Lipinski definition) is 3. The Hall–Kier alpha value is -1.36. The highest BCUT2D eigenvalue weighted by molar-refractivity contribution is 7.08. The second kappa shape index (κ2) is 5.31. The summed E-state index contributed by atoms with van der Waals surface area (Å²) in [5.74, 6) is -1.10. The Morgan fingerprint density at radius 1 is 1.41 bits per heavy atom. The van der Waals surface area contributed by atoms with E-state index in [1.54, 1.807) is 11.4 Å². The molecule has 0 aliphatic heterocycles. The number of carboxylic acids is 1. The number of nitrogens with zero attached hydrogens (tertiary/aromatic N) is 1. The summed E-state index contributed by atoms with van der Waals surface area (Å²) in [5.41, 5.74) is 0.600. The largest absolute Gasteiger partial charge is 0.480 e. The zero-order valence-corrected chi connectivity index (χ0v) is 10.3. The molecule has 0 atom stereocenters. The van der Waals surface area contributed by atoms with Crippen LogP contribution in [0.1, 0.15) is 36.0 Å². The fourth-order valence-electron chi connectivity index (χ4n) is 2.28. The minimum atomic E-state index is -0.944. The van der Waals surface area contributed by atoms with Crippen molar-refractivity contribution >= 4 is 23.2 Å². The van der Waals surface area contributed by atoms with Gasteiger partial charge in [0, 0.05) is 11.4 Å². The van der Waals surface area contributed by atoms with Crippen LogP contribution in [0.4, 0.5) is 0 Å². The summed E-state index contributed by atoms with van der Waals surface area (Å²) in [7, 11) is 0. The summed E-state index contributed by atoms with van der Waals surface area (Å²) in [6.07, 6.45) is 4.00. The van der Waals surface area contributed by atoms with Crippen molar-refractivity contribution in [3.05, 3.63) is 22.4 Å². The van der Waals surface area contributed by atoms with Crippen LogP contribution < -0.4 is 0 Å². The van der Waals surface area contributed by atoms with Crippen LogP contribution in [-0.4, -0.2) is 34.5 Å². The van der Waals surface area contributed by atoms with Crippen molar-refractivity contribution in [2.45, 2.75) is 31.7 Å². The van der Waals surface area contributed by atoms with Crippen LogP contribution in [0.15, 0.2) is 16.8 Å². The van der Waals surface area contributed by atoms with Crippen molar-refractivity contribution in [3.8, 4) is 0 Å². The van der Waals surface area contributed by atoms with Crippen molar-refractivity contribution in [3.63, 3.8) is 0 Å². The van der Waals surface area contributed by atoms with Crippen LogP contribution in [0, 0.1) is 0 Å². The summed E-state index contributed by atoms with van der Waals surface area (Å²) in [5, 5.41) is 12.5. The molecular formula is C12H15NO3S. The molecule has 1 aliphatic rings. The van der Waals surface area contributed by atoms with E-state index >= 15 is 0 Å². The van der Waals surface area contributed by atoms with Gasteiger partial charge in [-0.05, 0) is 24.3 Å². The predicted octanol–water partition coefficient (Wildman–Crippen LogP) is 2.22. The zero-order valence-electron chi connectivity index (χ0n) is 9.46. The molecule has 1 amide bonds. The van der Waals surface area contributed by atoms with E-state index in [9.17, 15) is 9.59 Å². The molecular weight excluding hydrogens is 238 g/mol. The highest BCUT2D eigenvalue weighted by atomic mass is 32.1. The first-order chi connectivity index (χ1) is 8.18. The van der Waals surface area contributed by atoms with Gasteiger partial charge in [0.05, 0.1) is 5.56 Å². The van der Waals surface area contributed by atoms with E-state index in [1.165, 1.54) is 16.2 Å². The van der Waals surface area contributed by atoms with Crippen LogP contribution in [0.3, 0.4) is 0 Å². The van der Waals surface area contributed by atoms with Crippen molar-refractivity contribution in [2.75, 3.05) is 6.54 Å². The maximum Gasteiger partial charge on any atom is 0.323 e. The van der Waals surface area contributed by atoms with Crippen LogP contribution in [0.5, 0.6) is 0 Å². The molecule has 1 saturated carbocycles. The first-order valence-corrected chi connectivity index (χ1v) is 6.67. The maximum absolute atomic E-state index is 12.2. The molecule has 1 aliphatic carbocycles. The number of carboxylic acid groups (broad SMARTS) is 1. The molecule has 0 unspecified atom stereocenters. The van der Waals surface area contributed by atoms with Crippen molar-refractivity contribution in [1.29, 1.82) is 0 Å². The molecule has 1 fully saturated rings. The maximum atomic E-state index is 12.2. The number of carbonyl (C=O) groups excluding carboxylic acids is 1.